The van der Waals surface area contributed by atoms with E-state index < -0.39 is 11.7 Å². The molecule has 0 radical (unpaired) electrons. The van der Waals surface area contributed by atoms with Crippen LogP contribution in [0.15, 0.2) is 18.2 Å². The van der Waals surface area contributed by atoms with Crippen molar-refractivity contribution < 1.29 is 14.3 Å². The Labute approximate surface area is 115 Å². The Kier molecular flexibility index (Phi) is 5.14. The van der Waals surface area contributed by atoms with Crippen molar-refractivity contribution in [3.63, 3.8) is 0 Å². The molecule has 18 heavy (non-hydrogen) atoms. The van der Waals surface area contributed by atoms with Gasteiger partial charge in [0.2, 0.25) is 0 Å². The summed E-state index contributed by atoms with van der Waals surface area (Å²) in [6.07, 6.45) is 1.53. The van der Waals surface area contributed by atoms with Crippen molar-refractivity contribution in [3.8, 4) is 5.75 Å². The second-order valence-corrected chi connectivity index (χ2v) is 4.80. The molecule has 5 heteroatoms. The zero-order valence-electron chi connectivity index (χ0n) is 10.5. The van der Waals surface area contributed by atoms with Crippen LogP contribution in [-0.4, -0.2) is 21.9 Å². The van der Waals surface area contributed by atoms with Gasteiger partial charge in [0, 0.05) is 16.9 Å². The van der Waals surface area contributed by atoms with Crippen molar-refractivity contribution in [1.29, 1.82) is 0 Å². The Morgan fingerprint density at radius 1 is 1.44 bits per heavy atom. The van der Waals surface area contributed by atoms with Gasteiger partial charge in [-0.3, -0.25) is 4.79 Å². The van der Waals surface area contributed by atoms with Gasteiger partial charge < -0.3 is 10.4 Å². The maximum Gasteiger partial charge on any atom is 0.255 e. The molecule has 0 aromatic heterocycles. The van der Waals surface area contributed by atoms with E-state index in [9.17, 15) is 14.3 Å². The first-order valence-corrected chi connectivity index (χ1v) is 6.97. The highest BCUT2D eigenvalue weighted by Gasteiger charge is 2.28. The van der Waals surface area contributed by atoms with E-state index in [1.807, 2.05) is 13.8 Å². The number of amides is 1. The Bertz CT molecular complexity index is 425. The molecule has 2 N–H and O–H groups in total. The van der Waals surface area contributed by atoms with Crippen molar-refractivity contribution in [1.82, 2.24) is 5.32 Å². The minimum Gasteiger partial charge on any atom is -0.507 e. The van der Waals surface area contributed by atoms with E-state index in [4.69, 9.17) is 0 Å². The number of alkyl halides is 1. The number of hydrogen-bond acceptors (Lipinski definition) is 2. The minimum absolute atomic E-state index is 0.0867. The lowest BCUT2D eigenvalue weighted by Gasteiger charge is -2.31. The van der Waals surface area contributed by atoms with E-state index in [2.05, 4.69) is 21.2 Å². The highest BCUT2D eigenvalue weighted by Crippen LogP contribution is 2.22. The molecule has 3 nitrogen and oxygen atoms in total. The van der Waals surface area contributed by atoms with Crippen LogP contribution >= 0.6 is 15.9 Å². The molecule has 0 aliphatic heterocycles. The average Bonchev–Trinajstić information content (AvgIpc) is 2.36. The van der Waals surface area contributed by atoms with E-state index >= 15 is 0 Å². The fourth-order valence-corrected chi connectivity index (χ4v) is 2.59. The van der Waals surface area contributed by atoms with Gasteiger partial charge in [-0.2, -0.15) is 0 Å². The van der Waals surface area contributed by atoms with Gasteiger partial charge in [0.05, 0.1) is 5.56 Å². The number of carbonyl (C=O) groups is 1. The van der Waals surface area contributed by atoms with Gasteiger partial charge in [-0.1, -0.05) is 29.8 Å². The smallest absolute Gasteiger partial charge is 0.255 e. The molecule has 0 fully saturated rings. The zero-order chi connectivity index (χ0) is 13.8. The molecule has 0 aliphatic carbocycles. The van der Waals surface area contributed by atoms with Gasteiger partial charge in [-0.05, 0) is 25.0 Å². The van der Waals surface area contributed by atoms with Crippen LogP contribution < -0.4 is 5.32 Å². The number of phenols is 1. The van der Waals surface area contributed by atoms with Crippen LogP contribution in [0.3, 0.4) is 0 Å². The maximum atomic E-state index is 12.8. The second-order valence-electron chi connectivity index (χ2n) is 4.24. The fourth-order valence-electron chi connectivity index (χ4n) is 1.65. The quantitative estimate of drug-likeness (QED) is 0.819. The van der Waals surface area contributed by atoms with Gasteiger partial charge in [0.25, 0.3) is 5.91 Å². The number of benzene rings is 1. The molecule has 0 unspecified atom stereocenters. The molecule has 0 spiro atoms. The second kappa shape index (κ2) is 6.18. The minimum atomic E-state index is -0.568. The molecule has 100 valence electrons. The first kappa shape index (κ1) is 15.0. The summed E-state index contributed by atoms with van der Waals surface area (Å²) in [6, 6.07) is 3.37. The van der Waals surface area contributed by atoms with E-state index in [1.54, 1.807) is 0 Å². The summed E-state index contributed by atoms with van der Waals surface area (Å²) >= 11 is 3.39. The number of nitrogens with one attached hydrogen (secondary N) is 1. The number of hydrogen-bond donors (Lipinski definition) is 2. The normalized spacial score (nSPS) is 11.3. The highest BCUT2D eigenvalue weighted by molar-refractivity contribution is 9.09. The number of carbonyl (C=O) groups excluding carboxylic acids is 1. The molecule has 0 heterocycles. The van der Waals surface area contributed by atoms with E-state index in [-0.39, 0.29) is 16.9 Å². The van der Waals surface area contributed by atoms with Crippen LogP contribution in [0.5, 0.6) is 5.75 Å². The van der Waals surface area contributed by atoms with E-state index in [0.29, 0.717) is 5.33 Å². The van der Waals surface area contributed by atoms with Crippen molar-refractivity contribution >= 4 is 21.8 Å². The molecule has 1 aromatic carbocycles. The lowest BCUT2D eigenvalue weighted by atomic mass is 9.95. The predicted molar refractivity (Wildman–Crippen MR) is 72.6 cm³/mol. The third-order valence-electron chi connectivity index (χ3n) is 3.19. The standard InChI is InChI=1S/C13H17BrFNO2/c1-3-13(4-2,8-14)16-12(18)10-6-5-9(15)7-11(10)17/h5-7,17H,3-4,8H2,1-2H3,(H,16,18). The predicted octanol–water partition coefficient (Wildman–Crippen LogP) is 3.21. The third kappa shape index (κ3) is 3.22. The van der Waals surface area contributed by atoms with Crippen LogP contribution in [0.25, 0.3) is 0 Å². The highest BCUT2D eigenvalue weighted by atomic mass is 79.9. The summed E-state index contributed by atoms with van der Waals surface area (Å²) in [5.41, 5.74) is -0.263. The molecular formula is C13H17BrFNO2. The van der Waals surface area contributed by atoms with Crippen LogP contribution in [0.4, 0.5) is 4.39 Å². The van der Waals surface area contributed by atoms with Gasteiger partial charge in [-0.15, -0.1) is 0 Å². The molecule has 0 saturated carbocycles. The largest absolute Gasteiger partial charge is 0.507 e. The van der Waals surface area contributed by atoms with E-state index in [1.165, 1.54) is 6.07 Å². The zero-order valence-corrected chi connectivity index (χ0v) is 12.1. The van der Waals surface area contributed by atoms with Crippen LogP contribution in [0.1, 0.15) is 37.0 Å². The maximum absolute atomic E-state index is 12.8. The molecule has 1 amide bonds. The Morgan fingerprint density at radius 2 is 2.06 bits per heavy atom. The lowest BCUT2D eigenvalue weighted by molar-refractivity contribution is 0.0901. The molecule has 0 bridgehead atoms. The van der Waals surface area contributed by atoms with Crippen molar-refractivity contribution in [2.75, 3.05) is 5.33 Å². The van der Waals surface area contributed by atoms with Crippen molar-refractivity contribution in [2.45, 2.75) is 32.2 Å². The number of aromatic hydroxyl groups is 1. The fraction of sp³-hybridized carbons (Fsp3) is 0.462. The summed E-state index contributed by atoms with van der Waals surface area (Å²) < 4.78 is 12.8. The van der Waals surface area contributed by atoms with Gasteiger partial charge in [0.15, 0.2) is 0 Å². The Hall–Kier alpha value is -1.10. The number of halogens is 2. The molecule has 0 atom stereocenters. The van der Waals surface area contributed by atoms with Gasteiger partial charge in [-0.25, -0.2) is 4.39 Å². The number of rotatable bonds is 5. The van der Waals surface area contributed by atoms with Crippen molar-refractivity contribution in [2.24, 2.45) is 0 Å². The lowest BCUT2D eigenvalue weighted by Crippen LogP contribution is -2.49. The Morgan fingerprint density at radius 3 is 2.50 bits per heavy atom. The first-order chi connectivity index (χ1) is 8.48. The van der Waals surface area contributed by atoms with Gasteiger partial charge in [0.1, 0.15) is 11.6 Å². The van der Waals surface area contributed by atoms with Crippen molar-refractivity contribution in [3.05, 3.63) is 29.6 Å². The first-order valence-electron chi connectivity index (χ1n) is 5.85. The van der Waals surface area contributed by atoms with Crippen LogP contribution in [0.2, 0.25) is 0 Å². The summed E-state index contributed by atoms with van der Waals surface area (Å²) in [4.78, 5) is 12.1. The summed E-state index contributed by atoms with van der Waals surface area (Å²) in [5.74, 6) is -1.30. The monoisotopic (exact) mass is 317 g/mol. The summed E-state index contributed by atoms with van der Waals surface area (Å²) in [6.45, 7) is 3.96. The molecule has 1 rings (SSSR count). The molecular weight excluding hydrogens is 301 g/mol. The summed E-state index contributed by atoms with van der Waals surface area (Å²) in [5, 5.41) is 13.1. The molecule has 0 saturated heterocycles. The van der Waals surface area contributed by atoms with Crippen LogP contribution in [-0.2, 0) is 0 Å². The van der Waals surface area contributed by atoms with Crippen LogP contribution in [0, 0.1) is 5.82 Å². The topological polar surface area (TPSA) is 49.3 Å². The Balaban J connectivity index is 2.94. The SMILES string of the molecule is CCC(CC)(CBr)NC(=O)c1ccc(F)cc1O. The number of phenolic OH excluding ortho intramolecular Hbond substituents is 1. The van der Waals surface area contributed by atoms with E-state index in [0.717, 1.165) is 25.0 Å². The van der Waals surface area contributed by atoms with Gasteiger partial charge >= 0.3 is 0 Å². The molecule has 0 aliphatic rings. The molecule has 1 aromatic rings. The third-order valence-corrected chi connectivity index (χ3v) is 4.27. The summed E-state index contributed by atoms with van der Waals surface area (Å²) in [7, 11) is 0. The average molecular weight is 318 g/mol.